The summed E-state index contributed by atoms with van der Waals surface area (Å²) in [6, 6.07) is 71.1. The van der Waals surface area contributed by atoms with Crippen molar-refractivity contribution in [3.63, 3.8) is 0 Å². The quantitative estimate of drug-likeness (QED) is 0.0367. The highest BCUT2D eigenvalue weighted by Gasteiger charge is 2.41. The molecule has 149 heavy (non-hydrogen) atoms. The van der Waals surface area contributed by atoms with Crippen molar-refractivity contribution in [1.82, 2.24) is 101 Å². The summed E-state index contributed by atoms with van der Waals surface area (Å²) in [5.74, 6) is 0.893. The van der Waals surface area contributed by atoms with Crippen molar-refractivity contribution >= 4 is 11.4 Å². The van der Waals surface area contributed by atoms with E-state index in [1.807, 2.05) is 31.0 Å². The monoisotopic (exact) mass is 2010 g/mol. The van der Waals surface area contributed by atoms with E-state index in [-0.39, 0.29) is 0 Å². The number of piperidine rings is 1. The van der Waals surface area contributed by atoms with Gasteiger partial charge in [-0.2, -0.15) is 0 Å². The topological polar surface area (TPSA) is 163 Å². The number of piperazine rings is 4. The largest absolute Gasteiger partial charge is 0.369 e. The van der Waals surface area contributed by atoms with Gasteiger partial charge in [0.2, 0.25) is 0 Å². The number of hydrogen-bond donors (Lipinski definition) is 5. The lowest BCUT2D eigenvalue weighted by molar-refractivity contribution is 0.0687. The van der Waals surface area contributed by atoms with Crippen LogP contribution in [0, 0.1) is 19.8 Å². The molecule has 10 atom stereocenters. The second kappa shape index (κ2) is 52.7. The van der Waals surface area contributed by atoms with Gasteiger partial charge >= 0.3 is 0 Å². The summed E-state index contributed by atoms with van der Waals surface area (Å²) >= 11 is 0. The number of likely N-dealkylation sites (tertiary alicyclic amines) is 1. The zero-order valence-corrected chi connectivity index (χ0v) is 91.8. The first kappa shape index (κ1) is 107. The van der Waals surface area contributed by atoms with E-state index < -0.39 is 0 Å². The molecular weight excluding hydrogens is 1830 g/mol. The molecular formula is C127H178N22. The molecule has 22 nitrogen and oxygen atoms in total. The Labute approximate surface area is 894 Å². The maximum absolute atomic E-state index is 4.90. The van der Waals surface area contributed by atoms with Gasteiger partial charge in [0.1, 0.15) is 0 Å². The SMILES string of the molecule is CC1CCC(N(C[C@H]2Cc3ccccc3CN2)[C@H]2CCCc3cccnc32)CC1.CN(C[C@H]1Cc2c(cccc2N2CC(N3CCCCC3)C2)CN1)[C@H]1CCCc2cccnc21.CN1CCN(c2ccccc2CN2CCN[C@H](CN(C)[C@H]3CCCc4cccnc43)C2)CC1.Cc1ccc(CN2CCN[C@@H](CN(C)[C@H]3CCCc4cccnc43)C2)cc1.Cc1ccc(CN2CCN[C@H](CN(C)[C@H]3CCCc4cccnc43)C2)cc1. The highest BCUT2D eigenvalue weighted by Crippen LogP contribution is 2.43. The van der Waals surface area contributed by atoms with E-state index in [1.165, 1.54) is 280 Å². The number of nitrogens with one attached hydrogen (secondary N) is 5. The average Bonchev–Trinajstić information content (AvgIpc) is 0.774. The first-order valence-corrected chi connectivity index (χ1v) is 58.5. The maximum atomic E-state index is 4.90. The predicted molar refractivity (Wildman–Crippen MR) is 611 cm³/mol. The van der Waals surface area contributed by atoms with Crippen molar-refractivity contribution in [2.75, 3.05) is 189 Å². The lowest BCUT2D eigenvalue weighted by Gasteiger charge is -2.49. The van der Waals surface area contributed by atoms with Gasteiger partial charge in [-0.05, 0) is 325 Å². The molecule has 0 unspecified atom stereocenters. The van der Waals surface area contributed by atoms with Crippen LogP contribution in [0.1, 0.15) is 253 Å². The molecule has 24 rings (SSSR count). The smallest absolute Gasteiger partial charge is 0.0607 e. The number of nitrogens with zero attached hydrogens (tertiary/aromatic N) is 17. The minimum absolute atomic E-state index is 0.449. The van der Waals surface area contributed by atoms with E-state index in [1.54, 1.807) is 5.56 Å². The van der Waals surface area contributed by atoms with Crippen LogP contribution in [-0.4, -0.2) is 295 Å². The molecule has 22 heteroatoms. The highest BCUT2D eigenvalue weighted by molar-refractivity contribution is 5.60. The molecule has 6 saturated heterocycles. The summed E-state index contributed by atoms with van der Waals surface area (Å²) in [6.45, 7) is 36.8. The van der Waals surface area contributed by atoms with E-state index in [4.69, 9.17) is 24.9 Å². The fourth-order valence-corrected chi connectivity index (χ4v) is 27.7. The van der Waals surface area contributed by atoms with Gasteiger partial charge in [0.25, 0.3) is 0 Å². The van der Waals surface area contributed by atoms with Crippen LogP contribution in [0.15, 0.2) is 207 Å². The molecule has 7 fully saturated rings. The van der Waals surface area contributed by atoms with Gasteiger partial charge < -0.3 is 41.3 Å². The molecule has 0 bridgehead atoms. The van der Waals surface area contributed by atoms with Crippen molar-refractivity contribution < 1.29 is 0 Å². The molecule has 6 aliphatic carbocycles. The minimum atomic E-state index is 0.449. The molecule has 8 aliphatic heterocycles. The summed E-state index contributed by atoms with van der Waals surface area (Å²) in [5, 5.41) is 19.0. The van der Waals surface area contributed by atoms with E-state index in [0.29, 0.717) is 66.5 Å². The molecule has 13 heterocycles. The van der Waals surface area contributed by atoms with Crippen LogP contribution in [0.25, 0.3) is 0 Å². The molecule has 796 valence electrons. The van der Waals surface area contributed by atoms with Crippen molar-refractivity contribution in [3.05, 3.63) is 313 Å². The fraction of sp³-hybridized carbons (Fsp3) is 0.567. The fourth-order valence-electron chi connectivity index (χ4n) is 27.7. The Bertz CT molecular complexity index is 5680. The molecule has 5 aromatic heterocycles. The first-order chi connectivity index (χ1) is 73.1. The van der Waals surface area contributed by atoms with Crippen molar-refractivity contribution in [3.8, 4) is 0 Å². The van der Waals surface area contributed by atoms with Crippen LogP contribution in [0.3, 0.4) is 0 Å². The summed E-state index contributed by atoms with van der Waals surface area (Å²) in [4.78, 5) is 55.1. The number of para-hydroxylation sites is 1. The normalized spacial score (nSPS) is 25.4. The van der Waals surface area contributed by atoms with Crippen LogP contribution in [0.2, 0.25) is 0 Å². The van der Waals surface area contributed by atoms with Crippen molar-refractivity contribution in [2.45, 2.75) is 280 Å². The van der Waals surface area contributed by atoms with Gasteiger partial charge in [-0.1, -0.05) is 158 Å². The number of aromatic nitrogens is 5. The number of hydrogen-bond acceptors (Lipinski definition) is 22. The second-order valence-corrected chi connectivity index (χ2v) is 47.1. The highest BCUT2D eigenvalue weighted by atomic mass is 15.3. The van der Waals surface area contributed by atoms with E-state index in [9.17, 15) is 0 Å². The molecule has 5 N–H and O–H groups in total. The summed E-state index contributed by atoms with van der Waals surface area (Å²) < 4.78 is 0. The Kier molecular flexibility index (Phi) is 37.8. The third-order valence-electron chi connectivity index (χ3n) is 36.1. The lowest BCUT2D eigenvalue weighted by atomic mass is 9.83. The van der Waals surface area contributed by atoms with Gasteiger partial charge in [0.15, 0.2) is 0 Å². The third kappa shape index (κ3) is 28.2. The van der Waals surface area contributed by atoms with Crippen LogP contribution in [-0.2, 0) is 77.7 Å². The maximum Gasteiger partial charge on any atom is 0.0607 e. The van der Waals surface area contributed by atoms with Gasteiger partial charge in [-0.3, -0.25) is 69.0 Å². The van der Waals surface area contributed by atoms with E-state index >= 15 is 0 Å². The van der Waals surface area contributed by atoms with Crippen LogP contribution in [0.4, 0.5) is 11.4 Å². The van der Waals surface area contributed by atoms with E-state index in [2.05, 4.69) is 317 Å². The van der Waals surface area contributed by atoms with Crippen LogP contribution >= 0.6 is 0 Å². The summed E-state index contributed by atoms with van der Waals surface area (Å²) in [6.07, 6.45) is 40.2. The second-order valence-electron chi connectivity index (χ2n) is 47.1. The lowest BCUT2D eigenvalue weighted by Crippen LogP contribution is -2.60. The number of fused-ring (bicyclic) bond motifs is 7. The Balaban J connectivity index is 0.000000113. The number of anilines is 2. The van der Waals surface area contributed by atoms with Gasteiger partial charge in [0.05, 0.1) is 58.7 Å². The minimum Gasteiger partial charge on any atom is -0.369 e. The number of rotatable bonds is 25. The number of likely N-dealkylation sites (N-methyl/N-ethyl adjacent to an activating group) is 5. The Morgan fingerprint density at radius 2 is 0.705 bits per heavy atom. The number of benzene rings is 5. The van der Waals surface area contributed by atoms with Gasteiger partial charge in [0, 0.05) is 248 Å². The van der Waals surface area contributed by atoms with Crippen molar-refractivity contribution in [1.29, 1.82) is 0 Å². The van der Waals surface area contributed by atoms with Crippen molar-refractivity contribution in [2.24, 2.45) is 5.92 Å². The molecule has 0 radical (unpaired) electrons. The number of aryl methyl sites for hydroxylation is 7. The molecule has 5 aromatic carbocycles. The molecule has 0 amide bonds. The molecule has 0 spiro atoms. The zero-order chi connectivity index (χ0) is 102. The molecule has 14 aliphatic rings. The summed E-state index contributed by atoms with van der Waals surface area (Å²) in [7, 11) is 11.4. The third-order valence-corrected chi connectivity index (χ3v) is 36.1. The first-order valence-electron chi connectivity index (χ1n) is 58.5. The van der Waals surface area contributed by atoms with Gasteiger partial charge in [-0.25, -0.2) is 0 Å². The van der Waals surface area contributed by atoms with Crippen LogP contribution < -0.4 is 36.4 Å². The average molecular weight is 2010 g/mol. The Morgan fingerprint density at radius 1 is 0.315 bits per heavy atom. The Hall–Kier alpha value is -9.15. The number of pyridine rings is 5. The standard InChI is InChI=1S/C28H39N5.C27H40N6.C26H35N3.2C23H32N4/c1-31(27-12-5-8-21-10-7-13-29-28(21)27)18-23-16-25-22(17-30-23)9-6-11-26(25)33-19-24(20-33)32-14-3-2-4-15-32;1-30-15-17-33(18-16-30)25-10-4-3-7-23(25)19-32-14-13-28-24(21-32)20-31(2)26-11-5-8-22-9-6-12-29-27(22)26;1-19-11-13-24(14-12-19)29(25-10-4-8-20-9-5-15-27-26(20)25)18-23-16-21-6-2-3-7-22(21)17-28-23;2*1-18-8-10-19(11-9-18)15-27-14-13-24-21(17-27)16-26(2)22-7-3-5-20-6-4-12-25-23(20)22/h6-7,9-11,13,23-24,27,30H,2-5,8,12,14-20H2,1H3;3-4,6-7,9-10,12,24,26,28H,5,8,11,13-21H2,1-2H3;2-3,5-7,9,15,19,23-25,28H,4,8,10-14,16-18H2,1H3;2*4,6,8-12,21-22,24H,3,5,7,13-17H2,1-2H3/t23-,27+;24-,26+;19?,23-,24?,25+;21-,22+;21-,22-/m11110/s1. The van der Waals surface area contributed by atoms with Crippen LogP contribution in [0.5, 0.6) is 0 Å². The molecule has 10 aromatic rings. The van der Waals surface area contributed by atoms with Gasteiger partial charge in [-0.15, -0.1) is 0 Å². The predicted octanol–water partition coefficient (Wildman–Crippen LogP) is 17.8. The zero-order valence-electron chi connectivity index (χ0n) is 91.8. The summed E-state index contributed by atoms with van der Waals surface area (Å²) in [5.41, 5.74) is 29.9. The van der Waals surface area contributed by atoms with E-state index in [0.717, 1.165) is 175 Å². The molecule has 1 saturated carbocycles. The Morgan fingerprint density at radius 3 is 1.17 bits per heavy atom.